The van der Waals surface area contributed by atoms with E-state index < -0.39 is 0 Å². The molecule has 0 saturated carbocycles. The van der Waals surface area contributed by atoms with Crippen LogP contribution in [-0.2, 0) is 6.42 Å². The minimum absolute atomic E-state index is 0.124. The fourth-order valence-electron chi connectivity index (χ4n) is 3.92. The minimum Gasteiger partial charge on any atom is -0.352 e. The van der Waals surface area contributed by atoms with Crippen molar-refractivity contribution in [2.45, 2.75) is 31.7 Å². The van der Waals surface area contributed by atoms with Gasteiger partial charge in [0.15, 0.2) is 5.65 Å². The molecule has 7 heteroatoms. The fraction of sp³-hybridized carbons (Fsp3) is 0.368. The molecule has 2 aliphatic heterocycles. The van der Waals surface area contributed by atoms with Crippen LogP contribution < -0.4 is 10.2 Å². The molecule has 5 heterocycles. The second-order valence-electron chi connectivity index (χ2n) is 6.88. The molecule has 2 aliphatic rings. The number of aryl methyl sites for hydroxylation is 1. The molecule has 1 fully saturated rings. The Balaban J connectivity index is 1.65. The highest BCUT2D eigenvalue weighted by Crippen LogP contribution is 2.34. The number of nitrogens with one attached hydrogen (secondary N) is 1. The highest BCUT2D eigenvalue weighted by Gasteiger charge is 2.29. The molecule has 0 spiro atoms. The highest BCUT2D eigenvalue weighted by molar-refractivity contribution is 5.99. The molecule has 3 aromatic rings. The third-order valence-electron chi connectivity index (χ3n) is 5.21. The normalized spacial score (nSPS) is 20.1. The molecule has 1 N–H and O–H groups in total. The number of carbonyl (C=O) groups is 1. The van der Waals surface area contributed by atoms with E-state index in [4.69, 9.17) is 9.97 Å². The standard InChI is InChI=1S/C19H20N6O/c26-19-14-12-21-25-11-8-17(23-18(14)25)24-10-3-7-16(24)15-6-1-4-13(22-15)5-2-9-20-19/h1,4,6,8,11-12,16H,2-3,5,7,9-10H2,(H,20,26). The summed E-state index contributed by atoms with van der Waals surface area (Å²) in [5.41, 5.74) is 3.31. The first kappa shape index (κ1) is 15.3. The second kappa shape index (κ2) is 6.09. The van der Waals surface area contributed by atoms with Gasteiger partial charge in [0.2, 0.25) is 0 Å². The summed E-state index contributed by atoms with van der Waals surface area (Å²) in [6.45, 7) is 1.55. The van der Waals surface area contributed by atoms with E-state index >= 15 is 0 Å². The van der Waals surface area contributed by atoms with E-state index in [9.17, 15) is 4.79 Å². The van der Waals surface area contributed by atoms with Crippen LogP contribution in [0.15, 0.2) is 36.7 Å². The van der Waals surface area contributed by atoms with Gasteiger partial charge in [0.25, 0.3) is 5.91 Å². The van der Waals surface area contributed by atoms with Crippen molar-refractivity contribution in [3.63, 3.8) is 0 Å². The maximum absolute atomic E-state index is 12.5. The van der Waals surface area contributed by atoms with Crippen LogP contribution in [-0.4, -0.2) is 38.6 Å². The Bertz CT molecular complexity index is 981. The van der Waals surface area contributed by atoms with E-state index in [0.29, 0.717) is 17.8 Å². The molecule has 1 amide bonds. The number of carbonyl (C=O) groups excluding carboxylic acids is 1. The van der Waals surface area contributed by atoms with Crippen LogP contribution in [0.2, 0.25) is 0 Å². The zero-order valence-corrected chi connectivity index (χ0v) is 14.4. The Morgan fingerprint density at radius 1 is 1.15 bits per heavy atom. The molecule has 1 atom stereocenters. The van der Waals surface area contributed by atoms with Crippen molar-refractivity contribution in [2.24, 2.45) is 0 Å². The molecule has 0 aliphatic carbocycles. The summed E-state index contributed by atoms with van der Waals surface area (Å²) in [4.78, 5) is 24.5. The lowest BCUT2D eigenvalue weighted by Gasteiger charge is -2.26. The highest BCUT2D eigenvalue weighted by atomic mass is 16.1. The maximum Gasteiger partial charge on any atom is 0.256 e. The second-order valence-corrected chi connectivity index (χ2v) is 6.88. The lowest BCUT2D eigenvalue weighted by molar-refractivity contribution is 0.0954. The fourth-order valence-corrected chi connectivity index (χ4v) is 3.92. The van der Waals surface area contributed by atoms with Crippen LogP contribution in [0.3, 0.4) is 0 Å². The Labute approximate surface area is 151 Å². The topological polar surface area (TPSA) is 75.4 Å². The summed E-state index contributed by atoms with van der Waals surface area (Å²) in [5, 5.41) is 7.24. The molecule has 7 nitrogen and oxygen atoms in total. The summed E-state index contributed by atoms with van der Waals surface area (Å²) in [6, 6.07) is 8.47. The molecular formula is C19H20N6O. The van der Waals surface area contributed by atoms with Gasteiger partial charge in [-0.05, 0) is 43.9 Å². The van der Waals surface area contributed by atoms with Crippen LogP contribution in [0, 0.1) is 0 Å². The smallest absolute Gasteiger partial charge is 0.256 e. The third kappa shape index (κ3) is 2.51. The number of fused-ring (bicyclic) bond motifs is 6. The number of amides is 1. The quantitative estimate of drug-likeness (QED) is 0.674. The lowest BCUT2D eigenvalue weighted by Crippen LogP contribution is -2.27. The van der Waals surface area contributed by atoms with Crippen LogP contribution in [0.4, 0.5) is 5.82 Å². The van der Waals surface area contributed by atoms with Crippen molar-refractivity contribution in [1.29, 1.82) is 0 Å². The molecule has 132 valence electrons. The molecule has 1 unspecified atom stereocenters. The van der Waals surface area contributed by atoms with Crippen molar-refractivity contribution in [3.05, 3.63) is 53.6 Å². The molecule has 3 aromatic heterocycles. The molecule has 5 rings (SSSR count). The summed E-state index contributed by atoms with van der Waals surface area (Å²) < 4.78 is 1.66. The van der Waals surface area contributed by atoms with E-state index in [1.807, 2.05) is 12.3 Å². The molecular weight excluding hydrogens is 328 g/mol. The maximum atomic E-state index is 12.5. The van der Waals surface area contributed by atoms with Crippen molar-refractivity contribution < 1.29 is 4.79 Å². The lowest BCUT2D eigenvalue weighted by atomic mass is 10.1. The van der Waals surface area contributed by atoms with Crippen LogP contribution >= 0.6 is 0 Å². The number of rotatable bonds is 0. The number of aromatic nitrogens is 4. The van der Waals surface area contributed by atoms with E-state index in [0.717, 1.165) is 49.4 Å². The zero-order chi connectivity index (χ0) is 17.5. The van der Waals surface area contributed by atoms with Gasteiger partial charge in [-0.2, -0.15) is 5.10 Å². The largest absolute Gasteiger partial charge is 0.352 e. The monoisotopic (exact) mass is 348 g/mol. The SMILES string of the molecule is O=C1NCCCc2cccc(n2)C2CCCN2c2ccn3ncc1c3n2. The van der Waals surface area contributed by atoms with Gasteiger partial charge in [-0.25, -0.2) is 9.50 Å². The van der Waals surface area contributed by atoms with E-state index in [1.165, 1.54) is 0 Å². The predicted octanol–water partition coefficient (Wildman–Crippen LogP) is 2.14. The van der Waals surface area contributed by atoms with Crippen LogP contribution in [0.5, 0.6) is 0 Å². The predicted molar refractivity (Wildman–Crippen MR) is 97.2 cm³/mol. The Morgan fingerprint density at radius 3 is 3.08 bits per heavy atom. The number of hydrogen-bond acceptors (Lipinski definition) is 5. The van der Waals surface area contributed by atoms with Gasteiger partial charge in [-0.15, -0.1) is 0 Å². The summed E-state index contributed by atoms with van der Waals surface area (Å²) in [6.07, 6.45) is 7.35. The summed E-state index contributed by atoms with van der Waals surface area (Å²) in [7, 11) is 0. The Morgan fingerprint density at radius 2 is 2.12 bits per heavy atom. The first-order valence-electron chi connectivity index (χ1n) is 9.15. The van der Waals surface area contributed by atoms with E-state index in [-0.39, 0.29) is 11.9 Å². The van der Waals surface area contributed by atoms with E-state index in [2.05, 4.69) is 33.5 Å². The Hall–Kier alpha value is -2.96. The van der Waals surface area contributed by atoms with Crippen molar-refractivity contribution >= 4 is 17.4 Å². The van der Waals surface area contributed by atoms with Crippen molar-refractivity contribution in [3.8, 4) is 0 Å². The first-order valence-corrected chi connectivity index (χ1v) is 9.15. The average Bonchev–Trinajstić information content (AvgIpc) is 3.31. The first-order chi connectivity index (χ1) is 12.8. The summed E-state index contributed by atoms with van der Waals surface area (Å²) in [5.74, 6) is 0.750. The van der Waals surface area contributed by atoms with Gasteiger partial charge in [-0.3, -0.25) is 9.78 Å². The van der Waals surface area contributed by atoms with Gasteiger partial charge < -0.3 is 10.2 Å². The Kier molecular flexibility index (Phi) is 3.58. The van der Waals surface area contributed by atoms with E-state index in [1.54, 1.807) is 10.7 Å². The molecule has 0 aromatic carbocycles. The van der Waals surface area contributed by atoms with Crippen molar-refractivity contribution in [2.75, 3.05) is 18.0 Å². The van der Waals surface area contributed by atoms with Gasteiger partial charge in [0.05, 0.1) is 17.9 Å². The number of hydrogen-bond donors (Lipinski definition) is 1. The molecule has 0 radical (unpaired) electrons. The van der Waals surface area contributed by atoms with Gasteiger partial charge >= 0.3 is 0 Å². The number of nitrogens with zero attached hydrogens (tertiary/aromatic N) is 5. The van der Waals surface area contributed by atoms with Gasteiger partial charge in [0.1, 0.15) is 11.4 Å². The number of pyridine rings is 1. The minimum atomic E-state index is -0.124. The van der Waals surface area contributed by atoms with Gasteiger partial charge in [0, 0.05) is 25.0 Å². The molecule has 4 bridgehead atoms. The summed E-state index contributed by atoms with van der Waals surface area (Å²) >= 11 is 0. The van der Waals surface area contributed by atoms with Crippen molar-refractivity contribution in [1.82, 2.24) is 24.9 Å². The molecule has 1 saturated heterocycles. The zero-order valence-electron chi connectivity index (χ0n) is 14.4. The average molecular weight is 348 g/mol. The van der Waals surface area contributed by atoms with Crippen LogP contribution in [0.25, 0.3) is 5.65 Å². The van der Waals surface area contributed by atoms with Crippen LogP contribution in [0.1, 0.15) is 47.1 Å². The number of anilines is 1. The van der Waals surface area contributed by atoms with Gasteiger partial charge in [-0.1, -0.05) is 6.07 Å². The third-order valence-corrected chi connectivity index (χ3v) is 5.21. The molecule has 26 heavy (non-hydrogen) atoms.